The van der Waals surface area contributed by atoms with Gasteiger partial charge in [0.2, 0.25) is 5.91 Å². The van der Waals surface area contributed by atoms with Crippen LogP contribution in [0.25, 0.3) is 0 Å². The van der Waals surface area contributed by atoms with Gasteiger partial charge < -0.3 is 16.8 Å². The number of nitrogens with one attached hydrogen (secondary N) is 1. The molecule has 2 fully saturated rings. The Morgan fingerprint density at radius 1 is 1.18 bits per heavy atom. The predicted octanol–water partition coefficient (Wildman–Crippen LogP) is 0.748. The van der Waals surface area contributed by atoms with Crippen molar-refractivity contribution in [2.75, 3.05) is 6.54 Å². The summed E-state index contributed by atoms with van der Waals surface area (Å²) in [5.74, 6) is 0.833. The largest absolute Gasteiger partial charge is 0.353 e. The molecule has 2 saturated carbocycles. The van der Waals surface area contributed by atoms with Gasteiger partial charge in [-0.15, -0.1) is 0 Å². The summed E-state index contributed by atoms with van der Waals surface area (Å²) in [5.41, 5.74) is 11.7. The fourth-order valence-corrected chi connectivity index (χ4v) is 3.28. The van der Waals surface area contributed by atoms with Crippen molar-refractivity contribution in [2.45, 2.75) is 57.0 Å². The Labute approximate surface area is 103 Å². The molecule has 1 amide bonds. The SMILES string of the molecule is NCC1CCCC1NC(=O)C1CCCC(N)C1. The maximum atomic E-state index is 12.2. The maximum absolute atomic E-state index is 12.2. The molecule has 4 unspecified atom stereocenters. The van der Waals surface area contributed by atoms with Crippen molar-refractivity contribution in [1.29, 1.82) is 0 Å². The van der Waals surface area contributed by atoms with Gasteiger partial charge >= 0.3 is 0 Å². The van der Waals surface area contributed by atoms with E-state index in [0.29, 0.717) is 18.5 Å². The fourth-order valence-electron chi connectivity index (χ4n) is 3.28. The highest BCUT2D eigenvalue weighted by Crippen LogP contribution is 2.27. The van der Waals surface area contributed by atoms with Crippen LogP contribution in [-0.2, 0) is 4.79 Å². The molecular weight excluding hydrogens is 214 g/mol. The Hall–Kier alpha value is -0.610. The van der Waals surface area contributed by atoms with E-state index in [9.17, 15) is 4.79 Å². The summed E-state index contributed by atoms with van der Waals surface area (Å²) in [7, 11) is 0. The molecule has 17 heavy (non-hydrogen) atoms. The van der Waals surface area contributed by atoms with Crippen LogP contribution in [0.4, 0.5) is 0 Å². The van der Waals surface area contributed by atoms with Gasteiger partial charge in [0.05, 0.1) is 0 Å². The Morgan fingerprint density at radius 3 is 2.65 bits per heavy atom. The number of rotatable bonds is 3. The maximum Gasteiger partial charge on any atom is 0.223 e. The Morgan fingerprint density at radius 2 is 1.94 bits per heavy atom. The minimum absolute atomic E-state index is 0.137. The summed E-state index contributed by atoms with van der Waals surface area (Å²) in [4.78, 5) is 12.2. The van der Waals surface area contributed by atoms with Gasteiger partial charge in [0.25, 0.3) is 0 Å². The average molecular weight is 239 g/mol. The third-order valence-corrected chi connectivity index (χ3v) is 4.38. The molecule has 0 heterocycles. The van der Waals surface area contributed by atoms with Gasteiger partial charge in [-0.2, -0.15) is 0 Å². The van der Waals surface area contributed by atoms with E-state index in [1.54, 1.807) is 0 Å². The predicted molar refractivity (Wildman–Crippen MR) is 68.3 cm³/mol. The standard InChI is InChI=1S/C13H25N3O/c14-8-10-4-2-6-12(10)16-13(17)9-3-1-5-11(15)7-9/h9-12H,1-8,14-15H2,(H,16,17). The lowest BCUT2D eigenvalue weighted by atomic mass is 9.85. The van der Waals surface area contributed by atoms with Gasteiger partial charge in [-0.1, -0.05) is 12.8 Å². The van der Waals surface area contributed by atoms with E-state index >= 15 is 0 Å². The van der Waals surface area contributed by atoms with Crippen LogP contribution in [0, 0.1) is 11.8 Å². The molecule has 0 saturated heterocycles. The molecule has 98 valence electrons. The third kappa shape index (κ3) is 3.19. The van der Waals surface area contributed by atoms with Gasteiger partial charge in [-0.3, -0.25) is 4.79 Å². The van der Waals surface area contributed by atoms with E-state index in [0.717, 1.165) is 38.5 Å². The van der Waals surface area contributed by atoms with E-state index < -0.39 is 0 Å². The second-order valence-electron chi connectivity index (χ2n) is 5.67. The molecule has 0 aliphatic heterocycles. The highest BCUT2D eigenvalue weighted by molar-refractivity contribution is 5.79. The van der Waals surface area contributed by atoms with Crippen LogP contribution in [-0.4, -0.2) is 24.5 Å². The van der Waals surface area contributed by atoms with E-state index in [1.807, 2.05) is 0 Å². The summed E-state index contributed by atoms with van der Waals surface area (Å²) >= 11 is 0. The molecule has 0 aromatic heterocycles. The molecule has 2 rings (SSSR count). The molecular formula is C13H25N3O. The summed E-state index contributed by atoms with van der Waals surface area (Å²) in [6, 6.07) is 0.527. The minimum atomic E-state index is 0.137. The normalized spacial score (nSPS) is 38.0. The van der Waals surface area contributed by atoms with Crippen LogP contribution in [0.2, 0.25) is 0 Å². The lowest BCUT2D eigenvalue weighted by Gasteiger charge is -2.28. The number of nitrogens with two attached hydrogens (primary N) is 2. The summed E-state index contributed by atoms with van der Waals surface area (Å²) < 4.78 is 0. The van der Waals surface area contributed by atoms with Crippen molar-refractivity contribution in [1.82, 2.24) is 5.32 Å². The molecule has 0 bridgehead atoms. The number of carbonyl (C=O) groups is 1. The van der Waals surface area contributed by atoms with Crippen molar-refractivity contribution in [3.05, 3.63) is 0 Å². The average Bonchev–Trinajstić information content (AvgIpc) is 2.76. The van der Waals surface area contributed by atoms with Crippen LogP contribution in [0.1, 0.15) is 44.9 Å². The number of amides is 1. The Balaban J connectivity index is 1.83. The second-order valence-corrected chi connectivity index (χ2v) is 5.67. The Kier molecular flexibility index (Phi) is 4.40. The first-order valence-electron chi connectivity index (χ1n) is 6.96. The first-order chi connectivity index (χ1) is 8.20. The molecule has 4 atom stereocenters. The van der Waals surface area contributed by atoms with E-state index in [-0.39, 0.29) is 17.9 Å². The summed E-state index contributed by atoms with van der Waals surface area (Å²) in [5, 5.41) is 3.20. The van der Waals surface area contributed by atoms with Crippen molar-refractivity contribution in [3.8, 4) is 0 Å². The first kappa shape index (κ1) is 12.8. The van der Waals surface area contributed by atoms with Gasteiger partial charge in [0, 0.05) is 18.0 Å². The number of hydrogen-bond donors (Lipinski definition) is 3. The van der Waals surface area contributed by atoms with Crippen molar-refractivity contribution >= 4 is 5.91 Å². The van der Waals surface area contributed by atoms with Crippen LogP contribution in [0.3, 0.4) is 0 Å². The van der Waals surface area contributed by atoms with Gasteiger partial charge in [0.1, 0.15) is 0 Å². The molecule has 2 aliphatic rings. The van der Waals surface area contributed by atoms with E-state index in [2.05, 4.69) is 5.32 Å². The van der Waals surface area contributed by atoms with Crippen LogP contribution in [0.5, 0.6) is 0 Å². The number of hydrogen-bond acceptors (Lipinski definition) is 3. The molecule has 4 heteroatoms. The molecule has 0 aromatic rings. The minimum Gasteiger partial charge on any atom is -0.353 e. The molecule has 0 radical (unpaired) electrons. The summed E-state index contributed by atoms with van der Waals surface area (Å²) in [6.07, 6.45) is 7.45. The molecule has 0 aromatic carbocycles. The van der Waals surface area contributed by atoms with E-state index in [4.69, 9.17) is 11.5 Å². The van der Waals surface area contributed by atoms with Crippen LogP contribution < -0.4 is 16.8 Å². The highest BCUT2D eigenvalue weighted by Gasteiger charge is 2.31. The van der Waals surface area contributed by atoms with E-state index in [1.165, 1.54) is 6.42 Å². The lowest BCUT2D eigenvalue weighted by Crippen LogP contribution is -2.45. The zero-order valence-electron chi connectivity index (χ0n) is 10.5. The van der Waals surface area contributed by atoms with Crippen molar-refractivity contribution < 1.29 is 4.79 Å². The molecule has 2 aliphatic carbocycles. The van der Waals surface area contributed by atoms with Crippen LogP contribution >= 0.6 is 0 Å². The molecule has 4 nitrogen and oxygen atoms in total. The first-order valence-corrected chi connectivity index (χ1v) is 6.96. The van der Waals surface area contributed by atoms with Gasteiger partial charge in [-0.25, -0.2) is 0 Å². The Bertz CT molecular complexity index is 269. The second kappa shape index (κ2) is 5.83. The lowest BCUT2D eigenvalue weighted by molar-refractivity contribution is -0.127. The smallest absolute Gasteiger partial charge is 0.223 e. The zero-order valence-corrected chi connectivity index (χ0v) is 10.5. The topological polar surface area (TPSA) is 81.1 Å². The third-order valence-electron chi connectivity index (χ3n) is 4.38. The van der Waals surface area contributed by atoms with Crippen molar-refractivity contribution in [3.63, 3.8) is 0 Å². The molecule has 5 N–H and O–H groups in total. The quantitative estimate of drug-likeness (QED) is 0.679. The number of carbonyl (C=O) groups excluding carboxylic acids is 1. The highest BCUT2D eigenvalue weighted by atomic mass is 16.1. The van der Waals surface area contributed by atoms with Crippen molar-refractivity contribution in [2.24, 2.45) is 23.3 Å². The molecule has 0 spiro atoms. The fraction of sp³-hybridized carbons (Fsp3) is 0.923. The van der Waals surface area contributed by atoms with Crippen LogP contribution in [0.15, 0.2) is 0 Å². The summed E-state index contributed by atoms with van der Waals surface area (Å²) in [6.45, 7) is 0.690. The monoisotopic (exact) mass is 239 g/mol. The van der Waals surface area contributed by atoms with Gasteiger partial charge in [0.15, 0.2) is 0 Å². The van der Waals surface area contributed by atoms with Gasteiger partial charge in [-0.05, 0) is 44.6 Å². The zero-order chi connectivity index (χ0) is 12.3.